The van der Waals surface area contributed by atoms with Gasteiger partial charge >= 0.3 is 12.3 Å². The van der Waals surface area contributed by atoms with Gasteiger partial charge in [0, 0.05) is 31.8 Å². The van der Waals surface area contributed by atoms with Crippen LogP contribution in [-0.4, -0.2) is 64.5 Å². The number of aromatic nitrogens is 2. The smallest absolute Gasteiger partial charge is 0.433 e. The number of piperidine rings is 1. The lowest BCUT2D eigenvalue weighted by atomic mass is 9.91. The minimum absolute atomic E-state index is 0.0345. The lowest BCUT2D eigenvalue weighted by Gasteiger charge is -2.38. The topological polar surface area (TPSA) is 126 Å². The molecule has 2 amide bonds. The highest BCUT2D eigenvalue weighted by molar-refractivity contribution is 5.82. The second-order valence-corrected chi connectivity index (χ2v) is 9.79. The highest BCUT2D eigenvalue weighted by Gasteiger charge is 2.37. The molecule has 0 bridgehead atoms. The number of nitrogens with one attached hydrogen (secondary N) is 2. The van der Waals surface area contributed by atoms with Crippen molar-refractivity contribution in [3.63, 3.8) is 0 Å². The average molecular weight is 544 g/mol. The van der Waals surface area contributed by atoms with E-state index in [9.17, 15) is 32.3 Å². The lowest BCUT2D eigenvalue weighted by molar-refractivity contribution is -0.141. The molecule has 1 fully saturated rings. The van der Waals surface area contributed by atoms with Crippen LogP contribution in [0.2, 0.25) is 0 Å². The summed E-state index contributed by atoms with van der Waals surface area (Å²) in [5.74, 6) is -1.90. The van der Waals surface area contributed by atoms with Gasteiger partial charge in [0.05, 0.1) is 12.1 Å². The molecule has 208 valence electrons. The number of aliphatic hydroxyl groups is 1. The Morgan fingerprint density at radius 1 is 1.11 bits per heavy atom. The van der Waals surface area contributed by atoms with E-state index in [0.717, 1.165) is 12.1 Å². The molecule has 0 spiro atoms. The van der Waals surface area contributed by atoms with E-state index >= 15 is 0 Å². The van der Waals surface area contributed by atoms with Gasteiger partial charge in [-0.05, 0) is 45.7 Å². The summed E-state index contributed by atoms with van der Waals surface area (Å²) < 4.78 is 64.3. The van der Waals surface area contributed by atoms with Crippen molar-refractivity contribution in [2.45, 2.75) is 51.0 Å². The Bertz CT molecular complexity index is 1150. The van der Waals surface area contributed by atoms with Gasteiger partial charge in [-0.1, -0.05) is 6.07 Å². The van der Waals surface area contributed by atoms with Crippen LogP contribution in [0.1, 0.15) is 39.3 Å². The Morgan fingerprint density at radius 2 is 1.79 bits per heavy atom. The van der Waals surface area contributed by atoms with E-state index in [4.69, 9.17) is 9.47 Å². The SMILES string of the molecule is CC(C)(C)OC(=O)NCC(=O)NCC1(O)CCN(c2nc(Oc3cccc(F)c3)cc(C(F)(F)F)n2)CC1. The van der Waals surface area contributed by atoms with Crippen molar-refractivity contribution in [3.05, 3.63) is 41.8 Å². The molecule has 0 unspecified atom stereocenters. The number of alkyl halides is 3. The molecule has 0 radical (unpaired) electrons. The van der Waals surface area contributed by atoms with Crippen LogP contribution in [0, 0.1) is 5.82 Å². The number of alkyl carbamates (subject to hydrolysis) is 1. The van der Waals surface area contributed by atoms with Crippen LogP contribution in [0.3, 0.4) is 0 Å². The maximum atomic E-state index is 13.5. The lowest BCUT2D eigenvalue weighted by Crippen LogP contribution is -2.52. The van der Waals surface area contributed by atoms with Gasteiger partial charge in [-0.25, -0.2) is 14.2 Å². The second kappa shape index (κ2) is 11.4. The monoisotopic (exact) mass is 543 g/mol. The minimum atomic E-state index is -4.79. The van der Waals surface area contributed by atoms with Gasteiger partial charge in [-0.3, -0.25) is 4.79 Å². The van der Waals surface area contributed by atoms with Crippen molar-refractivity contribution in [1.82, 2.24) is 20.6 Å². The molecule has 0 saturated carbocycles. The summed E-state index contributed by atoms with van der Waals surface area (Å²) in [4.78, 5) is 32.8. The normalized spacial score (nSPS) is 15.5. The molecule has 38 heavy (non-hydrogen) atoms. The first-order valence-corrected chi connectivity index (χ1v) is 11.7. The molecule has 1 aromatic carbocycles. The first-order valence-electron chi connectivity index (χ1n) is 11.7. The Labute approximate surface area is 216 Å². The fourth-order valence-corrected chi connectivity index (χ4v) is 3.49. The van der Waals surface area contributed by atoms with Crippen molar-refractivity contribution in [2.75, 3.05) is 31.1 Å². The van der Waals surface area contributed by atoms with Gasteiger partial charge in [0.25, 0.3) is 0 Å². The number of carbonyl (C=O) groups is 2. The van der Waals surface area contributed by atoms with Crippen LogP contribution in [0.5, 0.6) is 11.6 Å². The van der Waals surface area contributed by atoms with E-state index in [2.05, 4.69) is 20.6 Å². The summed E-state index contributed by atoms with van der Waals surface area (Å²) in [6, 6.07) is 5.50. The third-order valence-corrected chi connectivity index (χ3v) is 5.38. The zero-order valence-electron chi connectivity index (χ0n) is 21.1. The fourth-order valence-electron chi connectivity index (χ4n) is 3.49. The Morgan fingerprint density at radius 3 is 2.39 bits per heavy atom. The van der Waals surface area contributed by atoms with E-state index in [0.29, 0.717) is 6.07 Å². The Balaban J connectivity index is 1.60. The van der Waals surface area contributed by atoms with Crippen molar-refractivity contribution in [2.24, 2.45) is 0 Å². The molecule has 0 aliphatic carbocycles. The standard InChI is InChI=1S/C24H29F4N5O5/c1-22(2,3)38-21(35)29-13-18(34)30-14-23(36)7-9-33(10-8-23)20-31-17(24(26,27)28)12-19(32-20)37-16-6-4-5-15(25)11-16/h4-6,11-12,36H,7-10,13-14H2,1-3H3,(H,29,35)(H,30,34). The molecule has 1 aromatic heterocycles. The van der Waals surface area contributed by atoms with Gasteiger partial charge in [0.1, 0.15) is 17.2 Å². The van der Waals surface area contributed by atoms with Gasteiger partial charge < -0.3 is 30.1 Å². The zero-order valence-corrected chi connectivity index (χ0v) is 21.1. The summed E-state index contributed by atoms with van der Waals surface area (Å²) in [5, 5.41) is 15.7. The third-order valence-electron chi connectivity index (χ3n) is 5.38. The highest BCUT2D eigenvalue weighted by atomic mass is 19.4. The molecular formula is C24H29F4N5O5. The van der Waals surface area contributed by atoms with Gasteiger partial charge in [0.2, 0.25) is 17.7 Å². The average Bonchev–Trinajstić information content (AvgIpc) is 2.80. The molecular weight excluding hydrogens is 514 g/mol. The number of ether oxygens (including phenoxy) is 2. The van der Waals surface area contributed by atoms with Crippen molar-refractivity contribution >= 4 is 17.9 Å². The van der Waals surface area contributed by atoms with Gasteiger partial charge in [-0.2, -0.15) is 18.2 Å². The zero-order chi connectivity index (χ0) is 28.1. The largest absolute Gasteiger partial charge is 0.444 e. The van der Waals surface area contributed by atoms with Crippen LogP contribution in [0.25, 0.3) is 0 Å². The predicted molar refractivity (Wildman–Crippen MR) is 127 cm³/mol. The summed E-state index contributed by atoms with van der Waals surface area (Å²) in [6.07, 6.45) is -5.37. The van der Waals surface area contributed by atoms with E-state index in [1.807, 2.05) is 0 Å². The van der Waals surface area contributed by atoms with Crippen LogP contribution >= 0.6 is 0 Å². The highest BCUT2D eigenvalue weighted by Crippen LogP contribution is 2.33. The van der Waals surface area contributed by atoms with Crippen molar-refractivity contribution in [3.8, 4) is 11.6 Å². The Hall–Kier alpha value is -3.68. The number of halogens is 4. The molecule has 3 rings (SSSR count). The number of benzene rings is 1. The molecule has 2 aromatic rings. The predicted octanol–water partition coefficient (Wildman–Crippen LogP) is 3.40. The third kappa shape index (κ3) is 8.71. The quantitative estimate of drug-likeness (QED) is 0.454. The molecule has 1 aliphatic heterocycles. The van der Waals surface area contributed by atoms with Crippen LogP contribution in [0.4, 0.5) is 28.3 Å². The molecule has 10 nitrogen and oxygen atoms in total. The van der Waals surface area contributed by atoms with Crippen LogP contribution in [0.15, 0.2) is 30.3 Å². The minimum Gasteiger partial charge on any atom is -0.444 e. The summed E-state index contributed by atoms with van der Waals surface area (Å²) in [5.41, 5.74) is -3.29. The maximum absolute atomic E-state index is 13.5. The number of carbonyl (C=O) groups excluding carboxylic acids is 2. The van der Waals surface area contributed by atoms with Gasteiger partial charge in [-0.15, -0.1) is 0 Å². The van der Waals surface area contributed by atoms with E-state index < -0.39 is 46.8 Å². The number of hydrogen-bond donors (Lipinski definition) is 3. The first kappa shape index (κ1) is 28.9. The first-order chi connectivity index (χ1) is 17.6. The van der Waals surface area contributed by atoms with Crippen molar-refractivity contribution in [1.29, 1.82) is 0 Å². The van der Waals surface area contributed by atoms with Crippen LogP contribution < -0.4 is 20.3 Å². The maximum Gasteiger partial charge on any atom is 0.433 e. The number of amides is 2. The molecule has 1 saturated heterocycles. The molecule has 0 atom stereocenters. The molecule has 3 N–H and O–H groups in total. The number of rotatable bonds is 7. The number of anilines is 1. The Kier molecular flexibility index (Phi) is 8.65. The fraction of sp³-hybridized carbons (Fsp3) is 0.500. The van der Waals surface area contributed by atoms with E-state index in [1.165, 1.54) is 17.0 Å². The summed E-state index contributed by atoms with van der Waals surface area (Å²) >= 11 is 0. The van der Waals surface area contributed by atoms with Crippen LogP contribution in [-0.2, 0) is 15.7 Å². The van der Waals surface area contributed by atoms with E-state index in [1.54, 1.807) is 20.8 Å². The summed E-state index contributed by atoms with van der Waals surface area (Å²) in [6.45, 7) is 4.72. The molecule has 2 heterocycles. The van der Waals surface area contributed by atoms with Gasteiger partial charge in [0.15, 0.2) is 5.69 Å². The van der Waals surface area contributed by atoms with E-state index in [-0.39, 0.29) is 50.7 Å². The second-order valence-electron chi connectivity index (χ2n) is 9.79. The number of hydrogen-bond acceptors (Lipinski definition) is 8. The molecule has 1 aliphatic rings. The molecule has 14 heteroatoms. The van der Waals surface area contributed by atoms with Crippen molar-refractivity contribution < 1.29 is 41.7 Å². The number of nitrogens with zero attached hydrogens (tertiary/aromatic N) is 3. The summed E-state index contributed by atoms with van der Waals surface area (Å²) in [7, 11) is 0.